The second-order valence-electron chi connectivity index (χ2n) is 10.1. The summed E-state index contributed by atoms with van der Waals surface area (Å²) in [5.41, 5.74) is 7.30. The predicted molar refractivity (Wildman–Crippen MR) is 137 cm³/mol. The van der Waals surface area contributed by atoms with Gasteiger partial charge in [-0.15, -0.1) is 45.3 Å². The minimum atomic E-state index is -0.189. The molecule has 32 heavy (non-hydrogen) atoms. The number of aryl methyl sites for hydroxylation is 2. The lowest BCUT2D eigenvalue weighted by Gasteiger charge is -2.24. The Bertz CT molecular complexity index is 1540. The molecule has 7 rings (SSSR count). The van der Waals surface area contributed by atoms with Gasteiger partial charge in [0.1, 0.15) is 0 Å². The van der Waals surface area contributed by atoms with E-state index in [0.29, 0.717) is 0 Å². The summed E-state index contributed by atoms with van der Waals surface area (Å²) in [6.45, 7) is 12.8. The van der Waals surface area contributed by atoms with Crippen molar-refractivity contribution in [1.82, 2.24) is 0 Å². The van der Waals surface area contributed by atoms with E-state index in [0.717, 1.165) is 28.6 Å². The Morgan fingerprint density at radius 3 is 1.34 bits per heavy atom. The summed E-state index contributed by atoms with van der Waals surface area (Å²) in [7, 11) is 0. The topological polar surface area (TPSA) is 0 Å². The molecule has 4 heterocycles. The van der Waals surface area contributed by atoms with Gasteiger partial charge in [0.15, 0.2) is 11.6 Å². The summed E-state index contributed by atoms with van der Waals surface area (Å²) in [5.74, 6) is -0.106. The van der Waals surface area contributed by atoms with Crippen molar-refractivity contribution in [3.63, 3.8) is 0 Å². The fourth-order valence-corrected chi connectivity index (χ4v) is 11.6. The highest BCUT2D eigenvalue weighted by Crippen LogP contribution is 2.63. The largest absolute Gasteiger partial charge is 0.204 e. The molecule has 2 aliphatic rings. The van der Waals surface area contributed by atoms with Crippen LogP contribution >= 0.6 is 45.3 Å². The first-order valence-electron chi connectivity index (χ1n) is 10.7. The molecule has 0 nitrogen and oxygen atoms in total. The van der Waals surface area contributed by atoms with Gasteiger partial charge >= 0.3 is 0 Å². The van der Waals surface area contributed by atoms with E-state index >= 15 is 0 Å². The number of hydrogen-bond acceptors (Lipinski definition) is 4. The summed E-state index contributed by atoms with van der Waals surface area (Å²) in [5, 5.41) is 0. The number of thiophene rings is 4. The summed E-state index contributed by atoms with van der Waals surface area (Å²) in [6, 6.07) is 4.72. The van der Waals surface area contributed by atoms with Gasteiger partial charge in [-0.25, -0.2) is 8.78 Å². The molecule has 2 aliphatic carbocycles. The fraction of sp³-hybridized carbons (Fsp3) is 0.308. The van der Waals surface area contributed by atoms with Crippen molar-refractivity contribution < 1.29 is 8.78 Å². The van der Waals surface area contributed by atoms with Crippen LogP contribution in [0.25, 0.3) is 39.7 Å². The Labute approximate surface area is 201 Å². The third kappa shape index (κ3) is 2.03. The van der Waals surface area contributed by atoms with Gasteiger partial charge in [-0.3, -0.25) is 0 Å². The number of hydrogen-bond donors (Lipinski definition) is 0. The van der Waals surface area contributed by atoms with Gasteiger partial charge in [0, 0.05) is 30.3 Å². The highest BCUT2D eigenvalue weighted by molar-refractivity contribution is 7.30. The molecular weight excluding hydrogens is 479 g/mol. The zero-order chi connectivity index (χ0) is 22.5. The molecule has 0 spiro atoms. The third-order valence-corrected chi connectivity index (χ3v) is 12.4. The molecular formula is C26H20F2S4. The predicted octanol–water partition coefficient (Wildman–Crippen LogP) is 9.75. The van der Waals surface area contributed by atoms with Crippen molar-refractivity contribution in [3.8, 4) is 20.9 Å². The van der Waals surface area contributed by atoms with E-state index < -0.39 is 0 Å². The zero-order valence-electron chi connectivity index (χ0n) is 18.5. The molecule has 6 heteroatoms. The average Bonchev–Trinajstić information content (AvgIpc) is 3.49. The van der Waals surface area contributed by atoms with E-state index in [1.807, 2.05) is 13.8 Å². The first-order valence-corrected chi connectivity index (χ1v) is 13.9. The van der Waals surface area contributed by atoms with Crippen LogP contribution in [0, 0.1) is 25.5 Å². The van der Waals surface area contributed by atoms with Crippen LogP contribution in [-0.2, 0) is 10.8 Å². The van der Waals surface area contributed by atoms with Crippen molar-refractivity contribution in [2.75, 3.05) is 0 Å². The lowest BCUT2D eigenvalue weighted by molar-refractivity contribution is 0.637. The SMILES string of the molecule is Cc1sc2c3c(sc2c1F)-c1cc2c(cc1C3(C)C)-c1sc3c(F)c(C)sc3c1C2(C)C. The molecule has 162 valence electrons. The highest BCUT2D eigenvalue weighted by atomic mass is 32.1. The van der Waals surface area contributed by atoms with Crippen LogP contribution < -0.4 is 0 Å². The van der Waals surface area contributed by atoms with Gasteiger partial charge in [0.2, 0.25) is 0 Å². The van der Waals surface area contributed by atoms with E-state index in [9.17, 15) is 8.78 Å². The Morgan fingerprint density at radius 1 is 0.594 bits per heavy atom. The second kappa shape index (κ2) is 5.72. The lowest BCUT2D eigenvalue weighted by atomic mass is 9.79. The molecule has 0 unspecified atom stereocenters. The molecule has 0 N–H and O–H groups in total. The standard InChI is InChI=1S/C26H20F2S4/c1-9-17(27)23-21(29-9)15-19(31-23)11-7-14-12(8-13(11)25(15,3)4)20-16(26(14,5)6)22-24(32-20)18(28)10(2)30-22/h7-8H,1-6H3. The molecule has 0 fully saturated rings. The van der Waals surface area contributed by atoms with Gasteiger partial charge in [0.05, 0.1) is 18.8 Å². The Hall–Kier alpha value is -1.60. The summed E-state index contributed by atoms with van der Waals surface area (Å²) in [6.07, 6.45) is 0. The third-order valence-electron chi connectivity index (χ3n) is 7.50. The molecule has 1 aromatic carbocycles. The summed E-state index contributed by atoms with van der Waals surface area (Å²) in [4.78, 5) is 3.99. The lowest BCUT2D eigenvalue weighted by Crippen LogP contribution is -2.17. The van der Waals surface area contributed by atoms with Gasteiger partial charge in [-0.2, -0.15) is 0 Å². The maximum absolute atomic E-state index is 14.8. The molecule has 0 bridgehead atoms. The fourth-order valence-electron chi connectivity index (χ4n) is 5.82. The monoisotopic (exact) mass is 498 g/mol. The molecule has 0 saturated carbocycles. The summed E-state index contributed by atoms with van der Waals surface area (Å²) >= 11 is 6.39. The van der Waals surface area contributed by atoms with E-state index in [1.54, 1.807) is 45.3 Å². The van der Waals surface area contributed by atoms with E-state index in [2.05, 4.69) is 39.8 Å². The van der Waals surface area contributed by atoms with Crippen molar-refractivity contribution in [2.24, 2.45) is 0 Å². The molecule has 0 atom stereocenters. The Morgan fingerprint density at radius 2 is 0.969 bits per heavy atom. The van der Waals surface area contributed by atoms with Crippen molar-refractivity contribution in [3.05, 3.63) is 55.8 Å². The number of rotatable bonds is 0. The molecule has 0 radical (unpaired) electrons. The van der Waals surface area contributed by atoms with Gasteiger partial charge in [-0.05, 0) is 59.4 Å². The second-order valence-corrected chi connectivity index (χ2v) is 14.6. The van der Waals surface area contributed by atoms with Crippen LogP contribution in [0.1, 0.15) is 59.7 Å². The van der Waals surface area contributed by atoms with Crippen LogP contribution in [-0.4, -0.2) is 0 Å². The minimum absolute atomic E-state index is 0.0529. The molecule has 4 aromatic heterocycles. The number of fused-ring (bicyclic) bond motifs is 10. The minimum Gasteiger partial charge on any atom is -0.204 e. The van der Waals surface area contributed by atoms with Gasteiger partial charge in [0.25, 0.3) is 0 Å². The van der Waals surface area contributed by atoms with Crippen molar-refractivity contribution in [1.29, 1.82) is 0 Å². The highest BCUT2D eigenvalue weighted by Gasteiger charge is 2.45. The smallest absolute Gasteiger partial charge is 0.154 e. The van der Waals surface area contributed by atoms with Gasteiger partial charge in [-0.1, -0.05) is 27.7 Å². The normalized spacial score (nSPS) is 17.2. The molecule has 5 aromatic rings. The Balaban J connectivity index is 1.55. The molecule has 0 amide bonds. The average molecular weight is 499 g/mol. The van der Waals surface area contributed by atoms with Crippen LogP contribution in [0.3, 0.4) is 0 Å². The van der Waals surface area contributed by atoms with Crippen LogP contribution in [0.5, 0.6) is 0 Å². The van der Waals surface area contributed by atoms with Crippen molar-refractivity contribution in [2.45, 2.75) is 52.4 Å². The van der Waals surface area contributed by atoms with Crippen molar-refractivity contribution >= 4 is 64.1 Å². The zero-order valence-corrected chi connectivity index (χ0v) is 21.8. The number of halogens is 2. The van der Waals surface area contributed by atoms with E-state index in [1.165, 1.54) is 43.1 Å². The summed E-state index contributed by atoms with van der Waals surface area (Å²) < 4.78 is 33.4. The quantitative estimate of drug-likeness (QED) is 0.199. The Kier molecular flexibility index (Phi) is 3.54. The maximum Gasteiger partial charge on any atom is 0.154 e. The first kappa shape index (κ1) is 19.8. The number of benzene rings is 1. The van der Waals surface area contributed by atoms with Crippen LogP contribution in [0.15, 0.2) is 12.1 Å². The van der Waals surface area contributed by atoms with E-state index in [4.69, 9.17) is 0 Å². The van der Waals surface area contributed by atoms with Crippen LogP contribution in [0.4, 0.5) is 8.78 Å². The van der Waals surface area contributed by atoms with Gasteiger partial charge < -0.3 is 0 Å². The van der Waals surface area contributed by atoms with Crippen LogP contribution in [0.2, 0.25) is 0 Å². The molecule has 0 saturated heterocycles. The maximum atomic E-state index is 14.8. The molecule has 0 aliphatic heterocycles. The first-order chi connectivity index (χ1) is 15.0. The van der Waals surface area contributed by atoms with E-state index in [-0.39, 0.29) is 22.5 Å².